The Labute approximate surface area is 330 Å². The SMILES string of the molecule is C=C(CCc1nc(-c2ccc3c(c2)c(CC(C)(C)COC=O)c(-c2cc(N4CCN(C)CC4)cnc2C(C)OC)n3CC)cs1)N1CCCCC(SC)N1. The Morgan fingerprint density at radius 3 is 2.70 bits per heavy atom. The first-order valence-corrected chi connectivity index (χ1v) is 21.6. The normalized spacial score (nSPS) is 17.9. The first-order valence-electron chi connectivity index (χ1n) is 19.4. The van der Waals surface area contributed by atoms with Crippen LogP contribution in [0.5, 0.6) is 0 Å². The van der Waals surface area contributed by atoms with Crippen LogP contribution in [-0.4, -0.2) is 96.0 Å². The Kier molecular flexibility index (Phi) is 13.4. The molecule has 3 aromatic heterocycles. The quantitative estimate of drug-likeness (QED) is 0.113. The maximum atomic E-state index is 11.3. The molecule has 6 rings (SSSR count). The van der Waals surface area contributed by atoms with Gasteiger partial charge < -0.3 is 28.8 Å². The maximum absolute atomic E-state index is 11.3. The summed E-state index contributed by atoms with van der Waals surface area (Å²) in [5.41, 5.74) is 13.2. The number of aryl methyl sites for hydroxylation is 2. The van der Waals surface area contributed by atoms with Gasteiger partial charge in [-0.05, 0) is 83.0 Å². The summed E-state index contributed by atoms with van der Waals surface area (Å²) in [5.74, 6) is 0. The second-order valence-corrected chi connectivity index (χ2v) is 17.5. The standard InChI is InChI=1S/C42H59N7O3S2/c1-9-48-37-15-14-31(36-26-54-38(44-36)16-13-29(2)49-17-11-10-12-39(45-49)53-8)22-33(37)35(24-42(4,5)27-52-28-50)41(48)34-23-32(25-43-40(34)30(3)51-7)47-20-18-46(6)19-21-47/h14-15,22-23,25-26,28,30,39,45H,2,9-13,16-21,24,27H2,1,3-8H3. The molecule has 0 spiro atoms. The molecule has 2 atom stereocenters. The summed E-state index contributed by atoms with van der Waals surface area (Å²) in [7, 11) is 3.93. The third-order valence-corrected chi connectivity index (χ3v) is 12.8. The summed E-state index contributed by atoms with van der Waals surface area (Å²) in [6.45, 7) is 19.7. The molecule has 4 aromatic rings. The van der Waals surface area contributed by atoms with Crippen LogP contribution in [0.1, 0.15) is 75.7 Å². The van der Waals surface area contributed by atoms with Crippen LogP contribution in [0.3, 0.4) is 0 Å². The Morgan fingerprint density at radius 2 is 1.98 bits per heavy atom. The van der Waals surface area contributed by atoms with Gasteiger partial charge in [0, 0.05) is 91.3 Å². The lowest BCUT2D eigenvalue weighted by Gasteiger charge is -2.34. The van der Waals surface area contributed by atoms with Gasteiger partial charge in [-0.15, -0.1) is 23.1 Å². The fourth-order valence-electron chi connectivity index (χ4n) is 7.78. The van der Waals surface area contributed by atoms with Gasteiger partial charge in [0.15, 0.2) is 0 Å². The fraction of sp³-hybridized carbons (Fsp3) is 0.548. The topological polar surface area (TPSA) is 88.0 Å². The third kappa shape index (κ3) is 9.16. The van der Waals surface area contributed by atoms with Crippen molar-refractivity contribution in [1.82, 2.24) is 29.9 Å². The second kappa shape index (κ2) is 18.0. The highest BCUT2D eigenvalue weighted by atomic mass is 32.2. The first-order chi connectivity index (χ1) is 26.0. The van der Waals surface area contributed by atoms with E-state index in [9.17, 15) is 4.79 Å². The number of hydrogen-bond acceptors (Lipinski definition) is 11. The average molecular weight is 774 g/mol. The number of ether oxygens (including phenoxy) is 2. The lowest BCUT2D eigenvalue weighted by molar-refractivity contribution is -0.131. The van der Waals surface area contributed by atoms with E-state index in [1.54, 1.807) is 18.4 Å². The van der Waals surface area contributed by atoms with Crippen molar-refractivity contribution in [3.8, 4) is 22.5 Å². The number of piperazine rings is 1. The van der Waals surface area contributed by atoms with Gasteiger partial charge in [-0.25, -0.2) is 10.4 Å². The number of benzene rings is 1. The van der Waals surface area contributed by atoms with Crippen molar-refractivity contribution >= 4 is 46.2 Å². The molecule has 0 bridgehead atoms. The van der Waals surface area contributed by atoms with Gasteiger partial charge in [-0.1, -0.05) is 26.5 Å². The van der Waals surface area contributed by atoms with Gasteiger partial charge in [-0.3, -0.25) is 9.78 Å². The highest BCUT2D eigenvalue weighted by Crippen LogP contribution is 2.43. The maximum Gasteiger partial charge on any atom is 0.293 e. The number of anilines is 1. The minimum Gasteiger partial charge on any atom is -0.467 e. The van der Waals surface area contributed by atoms with Crippen LogP contribution in [0.25, 0.3) is 33.4 Å². The number of hydrogen-bond donors (Lipinski definition) is 1. The predicted octanol–water partition coefficient (Wildman–Crippen LogP) is 8.17. The number of nitrogens with one attached hydrogen (secondary N) is 1. The highest BCUT2D eigenvalue weighted by molar-refractivity contribution is 7.99. The van der Waals surface area contributed by atoms with Crippen LogP contribution in [0.2, 0.25) is 0 Å². The number of fused-ring (bicyclic) bond motifs is 1. The Bertz CT molecular complexity index is 1900. The van der Waals surface area contributed by atoms with E-state index in [1.807, 2.05) is 18.0 Å². The van der Waals surface area contributed by atoms with E-state index in [1.165, 1.54) is 35.7 Å². The summed E-state index contributed by atoms with van der Waals surface area (Å²) in [6, 6.07) is 9.10. The summed E-state index contributed by atoms with van der Waals surface area (Å²) in [6.07, 6.45) is 10.0. The van der Waals surface area contributed by atoms with Gasteiger partial charge in [-0.2, -0.15) is 0 Å². The minimum absolute atomic E-state index is 0.203. The number of thioether (sulfide) groups is 1. The van der Waals surface area contributed by atoms with Crippen molar-refractivity contribution in [2.24, 2.45) is 5.41 Å². The smallest absolute Gasteiger partial charge is 0.293 e. The van der Waals surface area contributed by atoms with Crippen LogP contribution in [-0.2, 0) is 33.7 Å². The molecule has 2 aliphatic heterocycles. The van der Waals surface area contributed by atoms with Gasteiger partial charge in [0.1, 0.15) is 0 Å². The van der Waals surface area contributed by atoms with Gasteiger partial charge in [0.2, 0.25) is 0 Å². The summed E-state index contributed by atoms with van der Waals surface area (Å²) in [5, 5.41) is 7.20. The monoisotopic (exact) mass is 773 g/mol. The highest BCUT2D eigenvalue weighted by Gasteiger charge is 2.30. The summed E-state index contributed by atoms with van der Waals surface area (Å²) >= 11 is 3.60. The van der Waals surface area contributed by atoms with Crippen LogP contribution in [0, 0.1) is 5.41 Å². The molecule has 5 heterocycles. The number of thiazole rings is 1. The van der Waals surface area contributed by atoms with E-state index in [-0.39, 0.29) is 11.5 Å². The predicted molar refractivity (Wildman–Crippen MR) is 225 cm³/mol. The van der Waals surface area contributed by atoms with Crippen LogP contribution < -0.4 is 10.3 Å². The van der Waals surface area contributed by atoms with Gasteiger partial charge in [0.05, 0.1) is 52.1 Å². The van der Waals surface area contributed by atoms with E-state index in [0.29, 0.717) is 24.9 Å². The molecule has 54 heavy (non-hydrogen) atoms. The summed E-state index contributed by atoms with van der Waals surface area (Å²) in [4.78, 5) is 26.4. The Hall–Kier alpha value is -3.42. The van der Waals surface area contributed by atoms with Crippen LogP contribution in [0.4, 0.5) is 5.69 Å². The van der Waals surface area contributed by atoms with Crippen molar-refractivity contribution in [1.29, 1.82) is 0 Å². The average Bonchev–Trinajstić information content (AvgIpc) is 3.68. The van der Waals surface area contributed by atoms with E-state index < -0.39 is 0 Å². The van der Waals surface area contributed by atoms with Crippen LogP contribution in [0.15, 0.2) is 48.1 Å². The number of hydrazine groups is 1. The molecule has 2 unspecified atom stereocenters. The molecule has 0 amide bonds. The van der Waals surface area contributed by atoms with E-state index >= 15 is 0 Å². The Morgan fingerprint density at radius 1 is 1.19 bits per heavy atom. The lowest BCUT2D eigenvalue weighted by Crippen LogP contribution is -2.44. The molecule has 1 N–H and O–H groups in total. The molecule has 10 nitrogen and oxygen atoms in total. The molecular formula is C42H59N7O3S2. The minimum atomic E-state index is -0.317. The van der Waals surface area contributed by atoms with Gasteiger partial charge >= 0.3 is 0 Å². The number of allylic oxidation sites excluding steroid dienone is 1. The molecule has 2 saturated heterocycles. The van der Waals surface area contributed by atoms with Crippen LogP contribution >= 0.6 is 23.1 Å². The molecule has 2 fully saturated rings. The Balaban J connectivity index is 1.39. The van der Waals surface area contributed by atoms with Crippen molar-refractivity contribution in [2.45, 2.75) is 84.2 Å². The van der Waals surface area contributed by atoms with Gasteiger partial charge in [0.25, 0.3) is 6.47 Å². The van der Waals surface area contributed by atoms with E-state index in [2.05, 4.69) is 102 Å². The zero-order chi connectivity index (χ0) is 38.4. The molecule has 1 aromatic carbocycles. The van der Waals surface area contributed by atoms with Crippen molar-refractivity contribution in [3.05, 3.63) is 64.4 Å². The largest absolute Gasteiger partial charge is 0.467 e. The second-order valence-electron chi connectivity index (χ2n) is 15.5. The zero-order valence-electron chi connectivity index (χ0n) is 33.3. The van der Waals surface area contributed by atoms with E-state index in [0.717, 1.165) is 96.7 Å². The number of likely N-dealkylation sites (N-methyl/N-ethyl adjacent to an activating group) is 1. The number of nitrogens with zero attached hydrogens (tertiary/aromatic N) is 6. The van der Waals surface area contributed by atoms with Crippen molar-refractivity contribution in [2.75, 3.05) is 64.6 Å². The molecular weight excluding hydrogens is 715 g/mol. The van der Waals surface area contributed by atoms with E-state index in [4.69, 9.17) is 19.4 Å². The number of rotatable bonds is 16. The lowest BCUT2D eigenvalue weighted by atomic mass is 9.84. The fourth-order valence-corrected chi connectivity index (χ4v) is 9.22. The first kappa shape index (κ1) is 40.2. The number of methoxy groups -OCH3 is 1. The van der Waals surface area contributed by atoms with Crippen molar-refractivity contribution < 1.29 is 14.3 Å². The number of carbonyl (C=O) groups excluding carboxylic acids is 1. The number of carbonyl (C=O) groups is 1. The molecule has 292 valence electrons. The molecule has 0 aliphatic carbocycles. The zero-order valence-corrected chi connectivity index (χ0v) is 35.0. The molecule has 2 aliphatic rings. The number of aromatic nitrogens is 3. The molecule has 0 saturated carbocycles. The number of pyridine rings is 1. The molecule has 0 radical (unpaired) electrons. The van der Waals surface area contributed by atoms with Crippen molar-refractivity contribution in [3.63, 3.8) is 0 Å². The summed E-state index contributed by atoms with van der Waals surface area (Å²) < 4.78 is 13.7. The third-order valence-electron chi connectivity index (χ3n) is 11.0. The molecule has 12 heteroatoms.